The highest BCUT2D eigenvalue weighted by molar-refractivity contribution is 6.30. The third-order valence-corrected chi connectivity index (χ3v) is 5.73. The van der Waals surface area contributed by atoms with Crippen molar-refractivity contribution in [1.29, 1.82) is 0 Å². The van der Waals surface area contributed by atoms with Crippen LogP contribution in [0.2, 0.25) is 5.02 Å². The number of hydrogen-bond acceptors (Lipinski definition) is 5. The minimum absolute atomic E-state index is 0.0540. The van der Waals surface area contributed by atoms with Crippen LogP contribution in [0.5, 0.6) is 0 Å². The zero-order valence-corrected chi connectivity index (χ0v) is 22.7. The number of nitrogens with zero attached hydrogens (tertiary/aromatic N) is 1. The number of carbonyl (C=O) groups excluding carboxylic acids is 2. The number of benzene rings is 2. The average molecular weight is 518 g/mol. The van der Waals surface area contributed by atoms with Gasteiger partial charge in [0.25, 0.3) is 5.91 Å². The Bertz CT molecular complexity index is 964. The fourth-order valence-corrected chi connectivity index (χ4v) is 3.60. The molecule has 198 valence electrons. The number of allylic oxidation sites excluding steroid dienone is 1. The molecule has 0 bridgehead atoms. The van der Waals surface area contributed by atoms with E-state index in [4.69, 9.17) is 11.6 Å². The molecule has 4 atom stereocenters. The lowest BCUT2D eigenvalue weighted by atomic mass is 10.0. The van der Waals surface area contributed by atoms with E-state index >= 15 is 0 Å². The van der Waals surface area contributed by atoms with Crippen LogP contribution in [-0.2, 0) is 9.59 Å². The van der Waals surface area contributed by atoms with E-state index in [1.807, 2.05) is 89.4 Å². The van der Waals surface area contributed by atoms with E-state index in [0.717, 1.165) is 23.2 Å². The minimum atomic E-state index is -1.41. The summed E-state index contributed by atoms with van der Waals surface area (Å²) in [6.45, 7) is 11.7. The van der Waals surface area contributed by atoms with Crippen molar-refractivity contribution in [3.05, 3.63) is 77.0 Å². The summed E-state index contributed by atoms with van der Waals surface area (Å²) in [6, 6.07) is 15.1. The molecule has 0 spiro atoms. The van der Waals surface area contributed by atoms with Gasteiger partial charge in [0.05, 0.1) is 18.2 Å². The van der Waals surface area contributed by atoms with Crippen LogP contribution in [0.3, 0.4) is 0 Å². The maximum absolute atomic E-state index is 12.4. The second kappa shape index (κ2) is 16.0. The Morgan fingerprint density at radius 1 is 1.03 bits per heavy atom. The summed E-state index contributed by atoms with van der Waals surface area (Å²) >= 11 is 6.00. The first kappa shape index (κ1) is 31.2. The van der Waals surface area contributed by atoms with Gasteiger partial charge in [0.2, 0.25) is 6.41 Å². The largest absolute Gasteiger partial charge is 0.390 e. The molecule has 2 rings (SSSR count). The second-order valence-electron chi connectivity index (χ2n) is 9.07. The highest BCUT2D eigenvalue weighted by Crippen LogP contribution is 2.25. The molecule has 2 unspecified atom stereocenters. The van der Waals surface area contributed by atoms with Crippen molar-refractivity contribution >= 4 is 29.6 Å². The molecule has 0 heterocycles. The smallest absolute Gasteiger partial charge is 0.254 e. The Kier molecular flexibility index (Phi) is 13.8. The van der Waals surface area contributed by atoms with Crippen LogP contribution in [0.15, 0.2) is 60.8 Å². The SMILES string of the molecule is C/C=C\Nc1ccc([C@@H](C)NC=O)cc1.CC(C)CN(C(=O)[C@H](O)C(C)O)C(C)c1cccc(Cl)c1. The summed E-state index contributed by atoms with van der Waals surface area (Å²) in [7, 11) is 0. The maximum Gasteiger partial charge on any atom is 0.254 e. The first-order chi connectivity index (χ1) is 17.0. The predicted molar refractivity (Wildman–Crippen MR) is 147 cm³/mol. The van der Waals surface area contributed by atoms with Crippen molar-refractivity contribution in [3.8, 4) is 0 Å². The van der Waals surface area contributed by atoms with Gasteiger partial charge in [-0.1, -0.05) is 55.8 Å². The normalized spacial score (nSPS) is 14.3. The number of aliphatic hydroxyl groups is 2. The number of anilines is 1. The third kappa shape index (κ3) is 10.4. The number of halogens is 1. The van der Waals surface area contributed by atoms with Gasteiger partial charge in [-0.15, -0.1) is 0 Å². The van der Waals surface area contributed by atoms with Gasteiger partial charge < -0.3 is 25.7 Å². The second-order valence-corrected chi connectivity index (χ2v) is 9.51. The van der Waals surface area contributed by atoms with E-state index in [1.165, 1.54) is 6.92 Å². The van der Waals surface area contributed by atoms with Crippen LogP contribution in [0, 0.1) is 5.92 Å². The van der Waals surface area contributed by atoms with Gasteiger partial charge in [0.1, 0.15) is 0 Å². The van der Waals surface area contributed by atoms with Crippen molar-refractivity contribution in [2.75, 3.05) is 11.9 Å². The maximum atomic E-state index is 12.4. The van der Waals surface area contributed by atoms with Crippen LogP contribution in [-0.4, -0.2) is 46.2 Å². The van der Waals surface area contributed by atoms with E-state index in [1.54, 1.807) is 11.0 Å². The van der Waals surface area contributed by atoms with E-state index < -0.39 is 18.1 Å². The Balaban J connectivity index is 0.000000381. The standard InChI is InChI=1S/C16H24ClNO3.C12H16N2O/c1-10(2)9-18(16(21)15(20)12(4)19)11(3)13-6-5-7-14(17)8-13;1-3-8-13-12-6-4-11(5-7-12)10(2)14-9-15/h5-8,10-12,15,19-20H,9H2,1-4H3;3-10,13H,1-2H3,(H,14,15)/b;8-3-/t11?,12?,15-;10-/m11/s1. The molecule has 0 saturated heterocycles. The number of carbonyl (C=O) groups is 2. The molecule has 4 N–H and O–H groups in total. The predicted octanol–water partition coefficient (Wildman–Crippen LogP) is 5.07. The highest BCUT2D eigenvalue weighted by atomic mass is 35.5. The van der Waals surface area contributed by atoms with Crippen LogP contribution in [0.1, 0.15) is 64.8 Å². The third-order valence-electron chi connectivity index (χ3n) is 5.50. The van der Waals surface area contributed by atoms with Gasteiger partial charge in [0.15, 0.2) is 6.10 Å². The first-order valence-corrected chi connectivity index (χ1v) is 12.5. The number of amides is 2. The fraction of sp³-hybridized carbons (Fsp3) is 0.429. The van der Waals surface area contributed by atoms with Crippen molar-refractivity contribution in [2.45, 2.75) is 65.8 Å². The molecular formula is C28H40ClN3O4. The molecule has 0 aliphatic rings. The Morgan fingerprint density at radius 3 is 2.17 bits per heavy atom. The van der Waals surface area contributed by atoms with E-state index in [-0.39, 0.29) is 18.0 Å². The van der Waals surface area contributed by atoms with Crippen molar-refractivity contribution in [1.82, 2.24) is 10.2 Å². The van der Waals surface area contributed by atoms with E-state index in [2.05, 4.69) is 10.6 Å². The van der Waals surface area contributed by atoms with E-state index in [0.29, 0.717) is 11.6 Å². The molecule has 0 aliphatic carbocycles. The Hall–Kier alpha value is -2.87. The molecule has 0 aromatic heterocycles. The number of rotatable bonds is 11. The average Bonchev–Trinajstić information content (AvgIpc) is 2.85. The number of aliphatic hydroxyl groups excluding tert-OH is 2. The highest BCUT2D eigenvalue weighted by Gasteiger charge is 2.30. The van der Waals surface area contributed by atoms with Crippen LogP contribution in [0.25, 0.3) is 0 Å². The lowest BCUT2D eigenvalue weighted by Crippen LogP contribution is -2.46. The molecule has 8 heteroatoms. The number of hydrogen-bond donors (Lipinski definition) is 4. The van der Waals surface area contributed by atoms with Crippen molar-refractivity contribution in [2.24, 2.45) is 5.92 Å². The molecule has 0 fully saturated rings. The minimum Gasteiger partial charge on any atom is -0.390 e. The molecular weight excluding hydrogens is 478 g/mol. The fourth-order valence-electron chi connectivity index (χ4n) is 3.40. The Morgan fingerprint density at radius 2 is 1.67 bits per heavy atom. The van der Waals surface area contributed by atoms with E-state index in [9.17, 15) is 19.8 Å². The molecule has 36 heavy (non-hydrogen) atoms. The van der Waals surface area contributed by atoms with Gasteiger partial charge in [0, 0.05) is 17.3 Å². The van der Waals surface area contributed by atoms with Crippen molar-refractivity contribution < 1.29 is 19.8 Å². The quantitative estimate of drug-likeness (QED) is 0.312. The van der Waals surface area contributed by atoms with Gasteiger partial charge in [-0.2, -0.15) is 0 Å². The van der Waals surface area contributed by atoms with Gasteiger partial charge >= 0.3 is 0 Å². The molecule has 0 radical (unpaired) electrons. The van der Waals surface area contributed by atoms with Crippen LogP contribution < -0.4 is 10.6 Å². The molecule has 0 aliphatic heterocycles. The molecule has 2 aromatic rings. The summed E-state index contributed by atoms with van der Waals surface area (Å²) in [4.78, 5) is 24.3. The summed E-state index contributed by atoms with van der Waals surface area (Å²) in [5.41, 5.74) is 3.03. The van der Waals surface area contributed by atoms with Gasteiger partial charge in [-0.25, -0.2) is 0 Å². The van der Waals surface area contributed by atoms with Crippen LogP contribution in [0.4, 0.5) is 5.69 Å². The van der Waals surface area contributed by atoms with Gasteiger partial charge in [-0.05, 0) is 75.2 Å². The summed E-state index contributed by atoms with van der Waals surface area (Å²) in [5.74, 6) is -0.219. The zero-order chi connectivity index (χ0) is 27.3. The molecule has 2 amide bonds. The zero-order valence-electron chi connectivity index (χ0n) is 22.0. The topological polar surface area (TPSA) is 102 Å². The summed E-state index contributed by atoms with van der Waals surface area (Å²) in [6.07, 6.45) is 2.02. The monoisotopic (exact) mass is 517 g/mol. The lowest BCUT2D eigenvalue weighted by molar-refractivity contribution is -0.148. The van der Waals surface area contributed by atoms with Crippen LogP contribution >= 0.6 is 11.6 Å². The Labute approximate surface area is 220 Å². The van der Waals surface area contributed by atoms with Gasteiger partial charge in [-0.3, -0.25) is 9.59 Å². The summed E-state index contributed by atoms with van der Waals surface area (Å²) < 4.78 is 0. The first-order valence-electron chi connectivity index (χ1n) is 12.1. The molecule has 7 nitrogen and oxygen atoms in total. The lowest BCUT2D eigenvalue weighted by Gasteiger charge is -2.33. The molecule has 2 aromatic carbocycles. The summed E-state index contributed by atoms with van der Waals surface area (Å²) in [5, 5.41) is 25.7. The van der Waals surface area contributed by atoms with Crippen molar-refractivity contribution in [3.63, 3.8) is 0 Å². The number of nitrogens with one attached hydrogen (secondary N) is 2. The molecule has 0 saturated carbocycles.